The van der Waals surface area contributed by atoms with Crippen LogP contribution in [0.1, 0.15) is 5.82 Å². The second kappa shape index (κ2) is 6.28. The molecule has 0 radical (unpaired) electrons. The molecule has 0 spiro atoms. The van der Waals surface area contributed by atoms with Gasteiger partial charge in [-0.1, -0.05) is 23.7 Å². The largest absolute Gasteiger partial charge is 0.352 e. The van der Waals surface area contributed by atoms with E-state index in [9.17, 15) is 0 Å². The molecule has 7 heteroatoms. The molecule has 3 heterocycles. The first kappa shape index (κ1) is 16.3. The highest BCUT2D eigenvalue weighted by Crippen LogP contribution is 2.32. The summed E-state index contributed by atoms with van der Waals surface area (Å²) in [4.78, 5) is 18.9. The molecule has 1 aliphatic heterocycles. The Morgan fingerprint density at radius 2 is 1.68 bits per heavy atom. The Bertz CT molecular complexity index is 927. The Morgan fingerprint density at radius 1 is 0.960 bits per heavy atom. The van der Waals surface area contributed by atoms with Crippen molar-refractivity contribution < 1.29 is 0 Å². The number of halogens is 1. The minimum atomic E-state index is 0.687. The van der Waals surface area contributed by atoms with Crippen LogP contribution in [-0.4, -0.2) is 57.6 Å². The van der Waals surface area contributed by atoms with E-state index in [1.807, 2.05) is 42.8 Å². The van der Waals surface area contributed by atoms with Gasteiger partial charge in [-0.25, -0.2) is 15.0 Å². The van der Waals surface area contributed by atoms with Gasteiger partial charge in [-0.05, 0) is 26.1 Å². The van der Waals surface area contributed by atoms with Crippen molar-refractivity contribution in [3.8, 4) is 11.4 Å². The van der Waals surface area contributed by atoms with Gasteiger partial charge in [-0.3, -0.25) is 0 Å². The van der Waals surface area contributed by atoms with E-state index in [2.05, 4.69) is 21.8 Å². The van der Waals surface area contributed by atoms with E-state index in [0.29, 0.717) is 5.02 Å². The zero-order valence-electron chi connectivity index (χ0n) is 14.7. The Labute approximate surface area is 152 Å². The summed E-state index contributed by atoms with van der Waals surface area (Å²) >= 11 is 6.39. The Morgan fingerprint density at radius 3 is 2.40 bits per heavy atom. The zero-order chi connectivity index (χ0) is 17.6. The van der Waals surface area contributed by atoms with Gasteiger partial charge in [0.05, 0.1) is 5.02 Å². The van der Waals surface area contributed by atoms with Crippen LogP contribution >= 0.6 is 11.6 Å². The van der Waals surface area contributed by atoms with Crippen LogP contribution in [0.15, 0.2) is 24.3 Å². The molecule has 3 aromatic rings. The predicted molar refractivity (Wildman–Crippen MR) is 101 cm³/mol. The summed E-state index contributed by atoms with van der Waals surface area (Å²) in [5, 5.41) is 0.687. The number of fused-ring (bicyclic) bond motifs is 1. The molecule has 1 aromatic carbocycles. The lowest BCUT2D eigenvalue weighted by atomic mass is 10.2. The molecule has 0 aliphatic carbocycles. The lowest BCUT2D eigenvalue weighted by Crippen LogP contribution is -2.45. The van der Waals surface area contributed by atoms with Crippen LogP contribution in [0.2, 0.25) is 5.02 Å². The fourth-order valence-electron chi connectivity index (χ4n) is 3.27. The fourth-order valence-corrected chi connectivity index (χ4v) is 3.49. The maximum absolute atomic E-state index is 6.39. The van der Waals surface area contributed by atoms with Crippen LogP contribution in [0.25, 0.3) is 22.6 Å². The zero-order valence-corrected chi connectivity index (χ0v) is 15.5. The second-order valence-corrected chi connectivity index (χ2v) is 6.94. The van der Waals surface area contributed by atoms with E-state index in [1.54, 1.807) is 0 Å². The third-order valence-electron chi connectivity index (χ3n) is 4.73. The summed E-state index contributed by atoms with van der Waals surface area (Å²) in [5.41, 5.74) is 2.59. The third kappa shape index (κ3) is 2.85. The number of anilines is 1. The van der Waals surface area contributed by atoms with Crippen molar-refractivity contribution >= 4 is 28.6 Å². The predicted octanol–water partition coefficient (Wildman–Crippen LogP) is 2.74. The molecule has 1 fully saturated rings. The Kier molecular flexibility index (Phi) is 4.09. The summed E-state index contributed by atoms with van der Waals surface area (Å²) in [7, 11) is 4.13. The summed E-state index contributed by atoms with van der Waals surface area (Å²) in [6, 6.07) is 7.76. The van der Waals surface area contributed by atoms with Crippen LogP contribution < -0.4 is 4.90 Å². The maximum Gasteiger partial charge on any atom is 0.165 e. The second-order valence-electron chi connectivity index (χ2n) is 6.53. The number of aryl methyl sites for hydroxylation is 2. The van der Waals surface area contributed by atoms with Crippen LogP contribution in [0.3, 0.4) is 0 Å². The smallest absolute Gasteiger partial charge is 0.165 e. The number of hydrogen-bond donors (Lipinski definition) is 0. The normalized spacial score (nSPS) is 15.9. The number of imidazole rings is 1. The van der Waals surface area contributed by atoms with E-state index in [-0.39, 0.29) is 0 Å². The topological polar surface area (TPSA) is 50.1 Å². The molecule has 0 N–H and O–H groups in total. The van der Waals surface area contributed by atoms with Gasteiger partial charge in [0.2, 0.25) is 0 Å². The van der Waals surface area contributed by atoms with Crippen molar-refractivity contribution in [3.05, 3.63) is 35.1 Å². The van der Waals surface area contributed by atoms with Crippen molar-refractivity contribution in [2.75, 3.05) is 38.1 Å². The molecule has 0 atom stereocenters. The van der Waals surface area contributed by atoms with Gasteiger partial charge in [-0.2, -0.15) is 0 Å². The van der Waals surface area contributed by atoms with E-state index in [1.165, 1.54) is 0 Å². The van der Waals surface area contributed by atoms with Crippen LogP contribution in [0.4, 0.5) is 5.82 Å². The molecule has 6 nitrogen and oxygen atoms in total. The van der Waals surface area contributed by atoms with Gasteiger partial charge in [0.25, 0.3) is 0 Å². The van der Waals surface area contributed by atoms with Crippen molar-refractivity contribution in [1.29, 1.82) is 0 Å². The SMILES string of the molecule is Cc1nc(N2CCN(C)CC2)c2nc(-c3ccccc3Cl)n(C)c2n1. The first-order valence-electron chi connectivity index (χ1n) is 8.44. The number of aromatic nitrogens is 4. The third-order valence-corrected chi connectivity index (χ3v) is 5.06. The van der Waals surface area contributed by atoms with Gasteiger partial charge in [0, 0.05) is 38.8 Å². The number of piperazine rings is 1. The molecule has 130 valence electrons. The Balaban J connectivity index is 1.88. The lowest BCUT2D eigenvalue weighted by Gasteiger charge is -2.33. The molecule has 0 bridgehead atoms. The summed E-state index contributed by atoms with van der Waals surface area (Å²) in [5.74, 6) is 2.50. The molecular formula is C18H21ClN6. The van der Waals surface area contributed by atoms with Crippen molar-refractivity contribution in [1.82, 2.24) is 24.4 Å². The molecule has 0 amide bonds. The summed E-state index contributed by atoms with van der Waals surface area (Å²) < 4.78 is 2.00. The fraction of sp³-hybridized carbons (Fsp3) is 0.389. The lowest BCUT2D eigenvalue weighted by molar-refractivity contribution is 0.312. The molecule has 1 aliphatic rings. The van der Waals surface area contributed by atoms with E-state index in [4.69, 9.17) is 21.6 Å². The molecule has 0 unspecified atom stereocenters. The molecular weight excluding hydrogens is 336 g/mol. The molecule has 4 rings (SSSR count). The van der Waals surface area contributed by atoms with E-state index < -0.39 is 0 Å². The highest BCUT2D eigenvalue weighted by atomic mass is 35.5. The summed E-state index contributed by atoms with van der Waals surface area (Å²) in [6.45, 7) is 5.87. The van der Waals surface area contributed by atoms with Gasteiger partial charge >= 0.3 is 0 Å². The van der Waals surface area contributed by atoms with E-state index in [0.717, 1.165) is 60.4 Å². The first-order chi connectivity index (χ1) is 12.0. The average molecular weight is 357 g/mol. The van der Waals surface area contributed by atoms with Crippen LogP contribution in [0.5, 0.6) is 0 Å². The molecule has 0 saturated carbocycles. The van der Waals surface area contributed by atoms with E-state index >= 15 is 0 Å². The molecule has 1 saturated heterocycles. The quantitative estimate of drug-likeness (QED) is 0.706. The monoisotopic (exact) mass is 356 g/mol. The van der Waals surface area contributed by atoms with Gasteiger partial charge in [0.15, 0.2) is 17.0 Å². The number of benzene rings is 1. The van der Waals surface area contributed by atoms with Gasteiger partial charge < -0.3 is 14.4 Å². The van der Waals surface area contributed by atoms with Gasteiger partial charge in [-0.15, -0.1) is 0 Å². The number of rotatable bonds is 2. The minimum absolute atomic E-state index is 0.687. The van der Waals surface area contributed by atoms with Gasteiger partial charge in [0.1, 0.15) is 11.6 Å². The molecule has 25 heavy (non-hydrogen) atoms. The summed E-state index contributed by atoms with van der Waals surface area (Å²) in [6.07, 6.45) is 0. The maximum atomic E-state index is 6.39. The van der Waals surface area contributed by atoms with Crippen molar-refractivity contribution in [3.63, 3.8) is 0 Å². The van der Waals surface area contributed by atoms with Crippen molar-refractivity contribution in [2.24, 2.45) is 7.05 Å². The van der Waals surface area contributed by atoms with Crippen LogP contribution in [0, 0.1) is 6.92 Å². The van der Waals surface area contributed by atoms with Crippen LogP contribution in [-0.2, 0) is 7.05 Å². The minimum Gasteiger partial charge on any atom is -0.352 e. The number of hydrogen-bond acceptors (Lipinski definition) is 5. The average Bonchev–Trinajstić information content (AvgIpc) is 2.92. The number of likely N-dealkylation sites (N-methyl/N-ethyl adjacent to an activating group) is 1. The first-order valence-corrected chi connectivity index (χ1v) is 8.82. The number of nitrogens with zero attached hydrogens (tertiary/aromatic N) is 6. The van der Waals surface area contributed by atoms with Crippen molar-refractivity contribution in [2.45, 2.75) is 6.92 Å². The molecule has 2 aromatic heterocycles. The highest BCUT2D eigenvalue weighted by molar-refractivity contribution is 6.33. The highest BCUT2D eigenvalue weighted by Gasteiger charge is 2.23. The Hall–Kier alpha value is -2.18. The standard InChI is InChI=1S/C18H21ClN6/c1-12-20-17-15(18(21-12)25-10-8-23(2)9-11-25)22-16(24(17)3)13-6-4-5-7-14(13)19/h4-7H,8-11H2,1-3H3.